The van der Waals surface area contributed by atoms with Gasteiger partial charge in [-0.05, 0) is 33.6 Å². The normalized spacial score (nSPS) is 20.5. The Bertz CT molecular complexity index is 464. The number of nitrogen functional groups attached to an aromatic ring is 1. The van der Waals surface area contributed by atoms with Crippen LogP contribution in [0.5, 0.6) is 0 Å². The van der Waals surface area contributed by atoms with Crippen molar-refractivity contribution >= 4 is 11.8 Å². The van der Waals surface area contributed by atoms with Gasteiger partial charge in [0.1, 0.15) is 11.6 Å². The van der Waals surface area contributed by atoms with Gasteiger partial charge in [0.15, 0.2) is 5.69 Å². The van der Waals surface area contributed by atoms with Crippen LogP contribution in [-0.4, -0.2) is 34.8 Å². The fourth-order valence-corrected chi connectivity index (χ4v) is 2.57. The molecule has 106 valence electrons. The molecule has 1 fully saturated rings. The van der Waals surface area contributed by atoms with Crippen LogP contribution >= 0.6 is 0 Å². The van der Waals surface area contributed by atoms with E-state index in [-0.39, 0.29) is 17.8 Å². The predicted octanol–water partition coefficient (Wildman–Crippen LogP) is 1.69. The van der Waals surface area contributed by atoms with E-state index in [1.807, 2.05) is 18.4 Å². The molecule has 0 aliphatic carbocycles. The van der Waals surface area contributed by atoms with E-state index in [0.717, 1.165) is 19.4 Å². The van der Waals surface area contributed by atoms with Gasteiger partial charge in [-0.15, -0.1) is 0 Å². The van der Waals surface area contributed by atoms with Crippen LogP contribution < -0.4 is 5.73 Å². The van der Waals surface area contributed by atoms with Gasteiger partial charge in [0.2, 0.25) is 0 Å². The number of hydrogen-bond acceptors (Lipinski definition) is 5. The smallest absolute Gasteiger partial charge is 0.360 e. The zero-order valence-corrected chi connectivity index (χ0v) is 11.7. The van der Waals surface area contributed by atoms with Crippen molar-refractivity contribution in [2.24, 2.45) is 0 Å². The van der Waals surface area contributed by atoms with E-state index in [0.29, 0.717) is 18.2 Å². The summed E-state index contributed by atoms with van der Waals surface area (Å²) in [5, 5.41) is 0. The van der Waals surface area contributed by atoms with Gasteiger partial charge in [0.25, 0.3) is 0 Å². The zero-order valence-electron chi connectivity index (χ0n) is 11.7. The Labute approximate surface area is 112 Å². The summed E-state index contributed by atoms with van der Waals surface area (Å²) in [5.41, 5.74) is 6.25. The summed E-state index contributed by atoms with van der Waals surface area (Å²) in [5.74, 6) is 0.601. The molecule has 19 heavy (non-hydrogen) atoms. The molecule has 1 saturated heterocycles. The Morgan fingerprint density at radius 2 is 2.42 bits per heavy atom. The quantitative estimate of drug-likeness (QED) is 0.840. The lowest BCUT2D eigenvalue weighted by molar-refractivity contribution is 0.0520. The van der Waals surface area contributed by atoms with Gasteiger partial charge in [-0.1, -0.05) is 0 Å². The van der Waals surface area contributed by atoms with Gasteiger partial charge in [0, 0.05) is 6.61 Å². The number of imidazole rings is 1. The van der Waals surface area contributed by atoms with E-state index >= 15 is 0 Å². The van der Waals surface area contributed by atoms with E-state index in [1.165, 1.54) is 0 Å². The summed E-state index contributed by atoms with van der Waals surface area (Å²) in [6, 6.07) is 0.0678. The molecule has 2 rings (SSSR count). The van der Waals surface area contributed by atoms with Crippen LogP contribution in [-0.2, 0) is 9.47 Å². The summed E-state index contributed by atoms with van der Waals surface area (Å²) in [7, 11) is 0. The fraction of sp³-hybridized carbons (Fsp3) is 0.692. The molecule has 2 unspecified atom stereocenters. The zero-order chi connectivity index (χ0) is 14.0. The highest BCUT2D eigenvalue weighted by Crippen LogP contribution is 2.29. The van der Waals surface area contributed by atoms with Gasteiger partial charge < -0.3 is 19.8 Å². The van der Waals surface area contributed by atoms with Crippen molar-refractivity contribution in [3.63, 3.8) is 0 Å². The number of aromatic nitrogens is 2. The second-order valence-corrected chi connectivity index (χ2v) is 4.78. The molecule has 2 atom stereocenters. The highest BCUT2D eigenvalue weighted by Gasteiger charge is 2.29. The number of carbonyl (C=O) groups is 1. The minimum absolute atomic E-state index is 0.0678. The molecule has 6 nitrogen and oxygen atoms in total. The maximum atomic E-state index is 11.8. The number of carbonyl (C=O) groups excluding carboxylic acids is 1. The molecule has 1 aromatic heterocycles. The molecule has 1 aliphatic heterocycles. The number of esters is 1. The van der Waals surface area contributed by atoms with Crippen LogP contribution in [0.1, 0.15) is 49.0 Å². The van der Waals surface area contributed by atoms with Gasteiger partial charge >= 0.3 is 5.97 Å². The van der Waals surface area contributed by atoms with Crippen LogP contribution in [0.2, 0.25) is 0 Å². The molecule has 0 saturated carbocycles. The molecule has 0 bridgehead atoms. The number of hydrogen-bond donors (Lipinski definition) is 1. The van der Waals surface area contributed by atoms with Crippen molar-refractivity contribution in [3.05, 3.63) is 11.5 Å². The monoisotopic (exact) mass is 267 g/mol. The first-order valence-electron chi connectivity index (χ1n) is 6.69. The molecular weight excluding hydrogens is 246 g/mol. The topological polar surface area (TPSA) is 79.4 Å². The minimum Gasteiger partial charge on any atom is -0.461 e. The van der Waals surface area contributed by atoms with Crippen LogP contribution in [0.4, 0.5) is 5.82 Å². The molecular formula is C13H21N3O3. The molecule has 0 radical (unpaired) electrons. The molecule has 0 spiro atoms. The maximum Gasteiger partial charge on any atom is 0.360 e. The highest BCUT2D eigenvalue weighted by molar-refractivity contribution is 5.92. The second kappa shape index (κ2) is 5.61. The first-order valence-corrected chi connectivity index (χ1v) is 6.69. The van der Waals surface area contributed by atoms with Crippen molar-refractivity contribution in [3.8, 4) is 0 Å². The lowest BCUT2D eigenvalue weighted by Gasteiger charge is -2.22. The molecule has 2 N–H and O–H groups in total. The number of anilines is 1. The third-order valence-electron chi connectivity index (χ3n) is 3.50. The number of nitrogens with zero attached hydrogens (tertiary/aromatic N) is 2. The predicted molar refractivity (Wildman–Crippen MR) is 71.0 cm³/mol. The molecule has 2 heterocycles. The third-order valence-corrected chi connectivity index (χ3v) is 3.50. The maximum absolute atomic E-state index is 11.8. The first-order chi connectivity index (χ1) is 9.06. The highest BCUT2D eigenvalue weighted by atomic mass is 16.5. The van der Waals surface area contributed by atoms with Crippen molar-refractivity contribution < 1.29 is 14.3 Å². The Balaban J connectivity index is 2.28. The SMILES string of the molecule is CCOC(=O)c1nc(C)n(C(C)C2CCCO2)c1N. The molecule has 1 aromatic rings. The molecule has 0 amide bonds. The minimum atomic E-state index is -0.471. The summed E-state index contributed by atoms with van der Waals surface area (Å²) < 4.78 is 12.5. The van der Waals surface area contributed by atoms with E-state index in [4.69, 9.17) is 15.2 Å². The first kappa shape index (κ1) is 13.9. The van der Waals surface area contributed by atoms with Crippen molar-refractivity contribution in [2.75, 3.05) is 18.9 Å². The van der Waals surface area contributed by atoms with Crippen LogP contribution in [0.25, 0.3) is 0 Å². The Kier molecular flexibility index (Phi) is 4.09. The number of nitrogens with two attached hydrogens (primary N) is 1. The summed E-state index contributed by atoms with van der Waals surface area (Å²) >= 11 is 0. The summed E-state index contributed by atoms with van der Waals surface area (Å²) in [6.45, 7) is 6.73. The summed E-state index contributed by atoms with van der Waals surface area (Å²) in [6.07, 6.45) is 2.20. The average Bonchev–Trinajstić information content (AvgIpc) is 2.97. The third kappa shape index (κ3) is 2.58. The Morgan fingerprint density at radius 3 is 3.00 bits per heavy atom. The Morgan fingerprint density at radius 1 is 1.68 bits per heavy atom. The van der Waals surface area contributed by atoms with Crippen LogP contribution in [0.15, 0.2) is 0 Å². The van der Waals surface area contributed by atoms with E-state index < -0.39 is 5.97 Å². The van der Waals surface area contributed by atoms with Gasteiger partial charge in [-0.2, -0.15) is 0 Å². The standard InChI is InChI=1S/C13H21N3O3/c1-4-18-13(17)11-12(14)16(9(3)15-11)8(2)10-6-5-7-19-10/h8,10H,4-7,14H2,1-3H3. The number of aryl methyl sites for hydroxylation is 1. The van der Waals surface area contributed by atoms with Crippen molar-refractivity contribution in [2.45, 2.75) is 45.8 Å². The molecule has 6 heteroatoms. The van der Waals surface area contributed by atoms with Crippen LogP contribution in [0.3, 0.4) is 0 Å². The lowest BCUT2D eigenvalue weighted by atomic mass is 10.1. The largest absolute Gasteiger partial charge is 0.461 e. The van der Waals surface area contributed by atoms with Gasteiger partial charge in [-0.25, -0.2) is 9.78 Å². The fourth-order valence-electron chi connectivity index (χ4n) is 2.57. The van der Waals surface area contributed by atoms with E-state index in [2.05, 4.69) is 4.98 Å². The van der Waals surface area contributed by atoms with Crippen molar-refractivity contribution in [1.82, 2.24) is 9.55 Å². The van der Waals surface area contributed by atoms with Crippen LogP contribution in [0, 0.1) is 6.92 Å². The lowest BCUT2D eigenvalue weighted by Crippen LogP contribution is -2.23. The molecule has 1 aliphatic rings. The summed E-state index contributed by atoms with van der Waals surface area (Å²) in [4.78, 5) is 16.0. The van der Waals surface area contributed by atoms with E-state index in [1.54, 1.807) is 6.92 Å². The van der Waals surface area contributed by atoms with Gasteiger partial charge in [-0.3, -0.25) is 0 Å². The average molecular weight is 267 g/mol. The van der Waals surface area contributed by atoms with E-state index in [9.17, 15) is 4.79 Å². The molecule has 0 aromatic carbocycles. The van der Waals surface area contributed by atoms with Crippen molar-refractivity contribution in [1.29, 1.82) is 0 Å². The number of rotatable bonds is 4. The second-order valence-electron chi connectivity index (χ2n) is 4.78. The number of ether oxygens (including phenoxy) is 2. The Hall–Kier alpha value is -1.56. The van der Waals surface area contributed by atoms with Gasteiger partial charge in [0.05, 0.1) is 18.8 Å².